The van der Waals surface area contributed by atoms with Crippen LogP contribution in [0.2, 0.25) is 26.2 Å². The van der Waals surface area contributed by atoms with Gasteiger partial charge in [0.05, 0.1) is 0 Å². The average molecular weight is 1340 g/mol. The molecule has 0 spiro atoms. The molecule has 0 radical (unpaired) electrons. The Hall–Kier alpha value is -6.58. The van der Waals surface area contributed by atoms with Crippen molar-refractivity contribution >= 4 is 54.0 Å². The average Bonchev–Trinajstić information content (AvgIpc) is 2.00. The van der Waals surface area contributed by atoms with E-state index in [9.17, 15) is 0 Å². The fourth-order valence-corrected chi connectivity index (χ4v) is 10.9. The summed E-state index contributed by atoms with van der Waals surface area (Å²) >= 11 is 3.48. The minimum absolute atomic E-state index is 0. The number of hydrogen-bond acceptors (Lipinski definition) is 0. The molecule has 0 aliphatic rings. The van der Waals surface area contributed by atoms with E-state index in [-0.39, 0.29) is 35.7 Å². The van der Waals surface area contributed by atoms with Crippen molar-refractivity contribution in [2.24, 2.45) is 0 Å². The Morgan fingerprint density at radius 2 is 0.570 bits per heavy atom. The van der Waals surface area contributed by atoms with Crippen molar-refractivity contribution in [2.75, 3.05) is 0 Å². The molecular formula is C80H72Cl2Si2Zr2-2. The number of hydrogen-bond donors (Lipinski definition) is 0. The van der Waals surface area contributed by atoms with Crippen molar-refractivity contribution in [3.63, 3.8) is 0 Å². The van der Waals surface area contributed by atoms with Gasteiger partial charge in [-0.3, -0.25) is 0 Å². The van der Waals surface area contributed by atoms with Gasteiger partial charge in [-0.15, -0.1) is 118 Å². The van der Waals surface area contributed by atoms with Crippen LogP contribution in [-0.4, -0.2) is 10.9 Å². The molecular weight excluding hydrogens is 1270 g/mol. The van der Waals surface area contributed by atoms with E-state index >= 15 is 0 Å². The molecule has 0 N–H and O–H groups in total. The van der Waals surface area contributed by atoms with Gasteiger partial charge in [0.25, 0.3) is 0 Å². The molecule has 0 fully saturated rings. The molecule has 0 saturated carbocycles. The summed E-state index contributed by atoms with van der Waals surface area (Å²) in [6.45, 7) is 17.9. The largest absolute Gasteiger partial charge is 1.00 e. The third-order valence-corrected chi connectivity index (χ3v) is 14.6. The van der Waals surface area contributed by atoms with E-state index in [0.29, 0.717) is 0 Å². The van der Waals surface area contributed by atoms with E-state index in [2.05, 4.69) is 345 Å². The minimum Gasteiger partial charge on any atom is -1.00 e. The summed E-state index contributed by atoms with van der Waals surface area (Å²) in [5.41, 5.74) is 21.4. The Morgan fingerprint density at radius 3 is 0.872 bits per heavy atom. The number of benzene rings is 10. The predicted octanol–water partition coefficient (Wildman–Crippen LogP) is 17.0. The van der Waals surface area contributed by atoms with Crippen LogP contribution in [0.4, 0.5) is 0 Å². The van der Waals surface area contributed by atoms with Crippen molar-refractivity contribution < 1.29 is 71.5 Å². The first kappa shape index (κ1) is 66.9. The normalized spacial score (nSPS) is 10.3. The van der Waals surface area contributed by atoms with Gasteiger partial charge in [-0.05, 0) is 33.4 Å². The summed E-state index contributed by atoms with van der Waals surface area (Å²) in [6, 6.07) is 104. The molecule has 14 aromatic rings. The molecule has 14 aromatic carbocycles. The van der Waals surface area contributed by atoms with E-state index in [0.717, 1.165) is 0 Å². The maximum absolute atomic E-state index is 2.31. The molecule has 0 bridgehead atoms. The summed E-state index contributed by atoms with van der Waals surface area (Å²) in [6.07, 6.45) is 0. The first-order valence-corrected chi connectivity index (χ1v) is 41.3. The molecule has 0 aliphatic heterocycles. The third kappa shape index (κ3) is 17.4. The summed E-state index contributed by atoms with van der Waals surface area (Å²) < 4.78 is 0. The van der Waals surface area contributed by atoms with Crippen LogP contribution in [0.1, 0.15) is 22.3 Å². The standard InChI is InChI=1S/2C22H17.2C16H13.2C2H6Si.2ClH.2Zr/c2*1-16-8-5-6-11-18(16)21-14-15-22-19(12-7-13-20(21)22)17-9-3-2-4-10-17;2*1-12-10-14-8-5-9-15(16(14)11-12)13-6-3-2-4-7-13;2*1-3-2;;;;/h2*2-15H,1H3;2*2-11H,1H3;2*1-2H3;2*1H;;/q4*-1;;;;;2*+2/p-2. The zero-order valence-electron chi connectivity index (χ0n) is 50.5. The second-order valence-corrected chi connectivity index (χ2v) is 40.6. The first-order valence-electron chi connectivity index (χ1n) is 28.9. The van der Waals surface area contributed by atoms with Gasteiger partial charge >= 0.3 is 83.7 Å². The van der Waals surface area contributed by atoms with Gasteiger partial charge in [0.1, 0.15) is 0 Å². The third-order valence-electron chi connectivity index (χ3n) is 14.6. The molecule has 0 aromatic heterocycles. The van der Waals surface area contributed by atoms with Crippen LogP contribution in [0.3, 0.4) is 0 Å². The Balaban J connectivity index is 0.000000157. The molecule has 0 amide bonds. The number of halogens is 2. The maximum Gasteiger partial charge on any atom is -0.0246 e. The van der Waals surface area contributed by atoms with Crippen molar-refractivity contribution in [3.05, 3.63) is 313 Å². The minimum atomic E-state index is 0. The van der Waals surface area contributed by atoms with Crippen LogP contribution in [-0.2, 0) is 46.7 Å². The molecule has 0 aliphatic carbocycles. The molecule has 0 nitrogen and oxygen atoms in total. The molecule has 14 rings (SSSR count). The molecule has 0 saturated heterocycles. The van der Waals surface area contributed by atoms with Crippen LogP contribution < -0.4 is 24.8 Å². The fraction of sp³-hybridized carbons (Fsp3) is 0.100. The summed E-state index contributed by atoms with van der Waals surface area (Å²) in [5, 5.41) is 10.7. The van der Waals surface area contributed by atoms with E-state index in [1.165, 1.54) is 132 Å². The van der Waals surface area contributed by atoms with Gasteiger partial charge in [0.15, 0.2) is 0 Å². The first-order chi connectivity index (χ1) is 40.8. The van der Waals surface area contributed by atoms with Gasteiger partial charge in [-0.2, -0.15) is 12.1 Å². The monoisotopic (exact) mass is 1340 g/mol. The van der Waals surface area contributed by atoms with Gasteiger partial charge in [-0.1, -0.05) is 288 Å². The van der Waals surface area contributed by atoms with Gasteiger partial charge < -0.3 is 24.8 Å². The second-order valence-electron chi connectivity index (χ2n) is 21.8. The van der Waals surface area contributed by atoms with Crippen LogP contribution in [0.5, 0.6) is 0 Å². The van der Waals surface area contributed by atoms with E-state index in [1.807, 2.05) is 0 Å². The molecule has 0 unspecified atom stereocenters. The summed E-state index contributed by atoms with van der Waals surface area (Å²) in [7, 11) is 0. The topological polar surface area (TPSA) is 0 Å². The van der Waals surface area contributed by atoms with Crippen LogP contribution in [0, 0.1) is 27.7 Å². The number of fused-ring (bicyclic) bond motifs is 4. The Labute approximate surface area is 554 Å². The van der Waals surface area contributed by atoms with Gasteiger partial charge in [0, 0.05) is 0 Å². The van der Waals surface area contributed by atoms with Crippen molar-refractivity contribution in [1.82, 2.24) is 0 Å². The Bertz CT molecular complexity index is 4140. The van der Waals surface area contributed by atoms with E-state index in [4.69, 9.17) is 0 Å². The molecule has 0 heterocycles. The fourth-order valence-electron chi connectivity index (χ4n) is 10.9. The van der Waals surface area contributed by atoms with E-state index < -0.39 is 0 Å². The van der Waals surface area contributed by atoms with Crippen molar-refractivity contribution in [3.8, 4) is 66.8 Å². The number of rotatable bonds is 6. The van der Waals surface area contributed by atoms with Crippen molar-refractivity contribution in [1.29, 1.82) is 0 Å². The second kappa shape index (κ2) is 33.0. The zero-order valence-corrected chi connectivity index (χ0v) is 58.9. The van der Waals surface area contributed by atoms with Gasteiger partial charge in [0.2, 0.25) is 0 Å². The smallest absolute Gasteiger partial charge is 0.0246 e. The predicted molar refractivity (Wildman–Crippen MR) is 365 cm³/mol. The molecule has 6 heteroatoms. The van der Waals surface area contributed by atoms with Gasteiger partial charge in [-0.25, -0.2) is 0 Å². The van der Waals surface area contributed by atoms with Crippen LogP contribution >= 0.6 is 0 Å². The summed E-state index contributed by atoms with van der Waals surface area (Å²) in [5.74, 6) is 0. The maximum atomic E-state index is 2.31. The Kier molecular flexibility index (Phi) is 25.7. The van der Waals surface area contributed by atoms with Crippen molar-refractivity contribution in [2.45, 2.75) is 53.9 Å². The molecule has 0 atom stereocenters. The number of aryl methyl sites for hydroxylation is 4. The molecule has 424 valence electrons. The Morgan fingerprint density at radius 1 is 0.302 bits per heavy atom. The SMILES string of the molecule is C[Si](C)=[Zr+2].C[Si](C)=[Zr+2].Cc1cc2c(-c3ccccc3)cccc2[cH-]1.Cc1cc2c(-c3ccccc3)cccc2[cH-]1.Cc1ccccc1-[c-]1ccc2c(-c3ccccc3)cccc21.Cc1ccccc1-[c-]1ccc2c(-c3ccccc3)cccc21.[Cl-].[Cl-]. The summed E-state index contributed by atoms with van der Waals surface area (Å²) in [4.78, 5) is 0. The van der Waals surface area contributed by atoms with Crippen LogP contribution in [0.25, 0.3) is 110 Å². The quantitative estimate of drug-likeness (QED) is 0.115. The molecule has 86 heavy (non-hydrogen) atoms. The zero-order chi connectivity index (χ0) is 59.0. The van der Waals surface area contributed by atoms with E-state index in [1.54, 1.807) is 46.7 Å². The van der Waals surface area contributed by atoms with Crippen LogP contribution in [0.15, 0.2) is 291 Å².